The Hall–Kier alpha value is 0.0500. The topological polar surface area (TPSA) is 58.2 Å². The first-order valence-electron chi connectivity index (χ1n) is 5.99. The second-order valence-corrected chi connectivity index (χ2v) is 8.20. The van der Waals surface area contributed by atoms with Crippen LogP contribution in [0.25, 0.3) is 0 Å². The van der Waals surface area contributed by atoms with E-state index in [0.717, 1.165) is 19.4 Å². The lowest BCUT2D eigenvalue weighted by Gasteiger charge is -2.29. The van der Waals surface area contributed by atoms with Gasteiger partial charge in [-0.15, -0.1) is 11.3 Å². The average Bonchev–Trinajstić information content (AvgIpc) is 2.77. The van der Waals surface area contributed by atoms with Crippen molar-refractivity contribution in [3.05, 3.63) is 15.9 Å². The fourth-order valence-corrected chi connectivity index (χ4v) is 5.80. The zero-order valence-corrected chi connectivity index (χ0v) is 13.4. The number of hydrogen-bond acceptors (Lipinski definition) is 4. The van der Waals surface area contributed by atoms with Gasteiger partial charge in [-0.05, 0) is 53.7 Å². The highest BCUT2D eigenvalue weighted by atomic mass is 79.9. The van der Waals surface area contributed by atoms with E-state index in [1.54, 1.807) is 11.4 Å². The maximum absolute atomic E-state index is 12.2. The summed E-state index contributed by atoms with van der Waals surface area (Å²) in [6.07, 6.45) is 3.36. The zero-order chi connectivity index (χ0) is 13.2. The van der Waals surface area contributed by atoms with Crippen LogP contribution in [0.3, 0.4) is 0 Å². The van der Waals surface area contributed by atoms with Crippen molar-refractivity contribution in [2.24, 2.45) is 0 Å². The minimum atomic E-state index is -3.41. The van der Waals surface area contributed by atoms with E-state index in [4.69, 9.17) is 0 Å². The Morgan fingerprint density at radius 3 is 2.89 bits per heavy atom. The number of rotatable bonds is 4. The molecule has 1 aromatic heterocycles. The lowest BCUT2D eigenvalue weighted by molar-refractivity contribution is 0.347. The molecule has 2 N–H and O–H groups in total. The lowest BCUT2D eigenvalue weighted by Crippen LogP contribution is -2.49. The van der Waals surface area contributed by atoms with Crippen molar-refractivity contribution >= 4 is 37.3 Å². The largest absolute Gasteiger partial charge is 0.312 e. The number of sulfonamides is 1. The Bertz CT molecular complexity index is 495. The highest BCUT2D eigenvalue weighted by Crippen LogP contribution is 2.27. The molecule has 2 rings (SSSR count). The van der Waals surface area contributed by atoms with Gasteiger partial charge < -0.3 is 5.32 Å². The highest BCUT2D eigenvalue weighted by molar-refractivity contribution is 9.10. The summed E-state index contributed by atoms with van der Waals surface area (Å²) in [6, 6.07) is 1.89. The second-order valence-electron chi connectivity index (χ2n) is 4.52. The summed E-state index contributed by atoms with van der Waals surface area (Å²) < 4.78 is 28.2. The van der Waals surface area contributed by atoms with Gasteiger partial charge in [0.1, 0.15) is 4.21 Å². The van der Waals surface area contributed by atoms with Crippen LogP contribution in [0.1, 0.15) is 26.2 Å². The van der Waals surface area contributed by atoms with Crippen LogP contribution in [0.4, 0.5) is 0 Å². The van der Waals surface area contributed by atoms with Crippen molar-refractivity contribution in [3.8, 4) is 0 Å². The molecule has 7 heteroatoms. The van der Waals surface area contributed by atoms with E-state index in [1.807, 2.05) is 6.92 Å². The van der Waals surface area contributed by atoms with E-state index in [-0.39, 0.29) is 12.1 Å². The van der Waals surface area contributed by atoms with Crippen molar-refractivity contribution in [2.75, 3.05) is 6.54 Å². The van der Waals surface area contributed by atoms with Gasteiger partial charge in [-0.2, -0.15) is 0 Å². The first kappa shape index (κ1) is 14.5. The quantitative estimate of drug-likeness (QED) is 0.874. The van der Waals surface area contributed by atoms with Crippen LogP contribution in [-0.4, -0.2) is 27.0 Å². The highest BCUT2D eigenvalue weighted by Gasteiger charge is 2.26. The molecule has 102 valence electrons. The van der Waals surface area contributed by atoms with E-state index in [9.17, 15) is 8.42 Å². The van der Waals surface area contributed by atoms with Crippen molar-refractivity contribution in [3.63, 3.8) is 0 Å². The van der Waals surface area contributed by atoms with Crippen LogP contribution in [0.2, 0.25) is 0 Å². The Balaban J connectivity index is 2.06. The second kappa shape index (κ2) is 6.00. The Morgan fingerprint density at radius 2 is 2.33 bits per heavy atom. The molecule has 4 nitrogen and oxygen atoms in total. The summed E-state index contributed by atoms with van der Waals surface area (Å²) >= 11 is 4.49. The third kappa shape index (κ3) is 3.33. The standard InChI is InChI=1S/C11H17BrN2O2S2/c1-8(10-4-2-3-6-13-10)14-18(15,16)11-9(12)5-7-17-11/h5,7-8,10,13-14H,2-4,6H2,1H3/t8-,10-/m0/s1. The van der Waals surface area contributed by atoms with Crippen molar-refractivity contribution in [1.82, 2.24) is 10.0 Å². The number of nitrogens with one attached hydrogen (secondary N) is 2. The van der Waals surface area contributed by atoms with E-state index in [0.29, 0.717) is 8.68 Å². The van der Waals surface area contributed by atoms with Crippen molar-refractivity contribution in [1.29, 1.82) is 0 Å². The summed E-state index contributed by atoms with van der Waals surface area (Å²) in [5, 5.41) is 5.13. The molecule has 0 spiro atoms. The predicted molar refractivity (Wildman–Crippen MR) is 77.4 cm³/mol. The van der Waals surface area contributed by atoms with Gasteiger partial charge in [0.15, 0.2) is 0 Å². The van der Waals surface area contributed by atoms with Gasteiger partial charge in [0.25, 0.3) is 10.0 Å². The van der Waals surface area contributed by atoms with Crippen LogP contribution >= 0.6 is 27.3 Å². The van der Waals surface area contributed by atoms with Crippen molar-refractivity contribution < 1.29 is 8.42 Å². The number of hydrogen-bond donors (Lipinski definition) is 2. The molecule has 0 unspecified atom stereocenters. The summed E-state index contributed by atoms with van der Waals surface area (Å²) in [6.45, 7) is 2.89. The molecule has 0 radical (unpaired) electrons. The van der Waals surface area contributed by atoms with Crippen LogP contribution in [0.5, 0.6) is 0 Å². The van der Waals surface area contributed by atoms with Crippen LogP contribution in [-0.2, 0) is 10.0 Å². The van der Waals surface area contributed by atoms with Gasteiger partial charge >= 0.3 is 0 Å². The normalized spacial score (nSPS) is 22.9. The molecule has 1 aliphatic heterocycles. The first-order valence-corrected chi connectivity index (χ1v) is 9.15. The molecule has 1 aliphatic rings. The minimum Gasteiger partial charge on any atom is -0.312 e. The molecule has 2 atom stereocenters. The SMILES string of the molecule is C[C@H](NS(=O)(=O)c1sccc1Br)[C@@H]1CCCCN1. The molecule has 0 saturated carbocycles. The minimum absolute atomic E-state index is 0.0932. The molecule has 1 fully saturated rings. The molecule has 1 saturated heterocycles. The summed E-state index contributed by atoms with van der Waals surface area (Å²) in [7, 11) is -3.41. The molecular formula is C11H17BrN2O2S2. The van der Waals surface area contributed by atoms with Gasteiger partial charge in [-0.25, -0.2) is 13.1 Å². The molecule has 18 heavy (non-hydrogen) atoms. The maximum Gasteiger partial charge on any atom is 0.251 e. The van der Waals surface area contributed by atoms with E-state index in [1.165, 1.54) is 17.8 Å². The third-order valence-corrected chi connectivity index (χ3v) is 7.35. The molecule has 0 amide bonds. The smallest absolute Gasteiger partial charge is 0.251 e. The average molecular weight is 353 g/mol. The fraction of sp³-hybridized carbons (Fsp3) is 0.636. The lowest BCUT2D eigenvalue weighted by atomic mass is 10.00. The van der Waals surface area contributed by atoms with E-state index < -0.39 is 10.0 Å². The molecule has 0 aromatic carbocycles. The maximum atomic E-state index is 12.2. The third-order valence-electron chi connectivity index (χ3n) is 3.12. The molecule has 0 bridgehead atoms. The molecular weight excluding hydrogens is 336 g/mol. The molecule has 2 heterocycles. The van der Waals surface area contributed by atoms with Gasteiger partial charge in [-0.1, -0.05) is 6.42 Å². The summed E-state index contributed by atoms with van der Waals surface area (Å²) in [5.41, 5.74) is 0. The first-order chi connectivity index (χ1) is 8.50. The number of piperidine rings is 1. The van der Waals surface area contributed by atoms with Crippen LogP contribution < -0.4 is 10.0 Å². The summed E-state index contributed by atoms with van der Waals surface area (Å²) in [5.74, 6) is 0. The Kier molecular flexibility index (Phi) is 4.82. The van der Waals surface area contributed by atoms with Crippen LogP contribution in [0.15, 0.2) is 20.1 Å². The van der Waals surface area contributed by atoms with Gasteiger partial charge in [-0.3, -0.25) is 0 Å². The predicted octanol–water partition coefficient (Wildman–Crippen LogP) is 2.32. The zero-order valence-electron chi connectivity index (χ0n) is 10.1. The van der Waals surface area contributed by atoms with E-state index in [2.05, 4.69) is 26.0 Å². The van der Waals surface area contributed by atoms with Crippen molar-refractivity contribution in [2.45, 2.75) is 42.5 Å². The Labute approximate surface area is 120 Å². The van der Waals surface area contributed by atoms with Crippen LogP contribution in [0, 0.1) is 0 Å². The van der Waals surface area contributed by atoms with E-state index >= 15 is 0 Å². The molecule has 1 aromatic rings. The van der Waals surface area contributed by atoms with Gasteiger partial charge in [0, 0.05) is 16.6 Å². The fourth-order valence-electron chi connectivity index (χ4n) is 2.16. The summed E-state index contributed by atoms with van der Waals surface area (Å²) in [4.78, 5) is 0. The number of halogens is 1. The molecule has 0 aliphatic carbocycles. The number of thiophene rings is 1. The van der Waals surface area contributed by atoms with Gasteiger partial charge in [0.2, 0.25) is 0 Å². The van der Waals surface area contributed by atoms with Gasteiger partial charge in [0.05, 0.1) is 0 Å². The monoisotopic (exact) mass is 352 g/mol. The Morgan fingerprint density at radius 1 is 1.56 bits per heavy atom.